The van der Waals surface area contributed by atoms with Crippen molar-refractivity contribution in [2.75, 3.05) is 13.1 Å². The van der Waals surface area contributed by atoms with E-state index in [1.165, 1.54) is 10.5 Å². The molecule has 0 aromatic carbocycles. The summed E-state index contributed by atoms with van der Waals surface area (Å²) in [6, 6.07) is 0. The minimum atomic E-state index is -3.38. The number of aromatic amines is 1. The molecule has 0 aliphatic carbocycles. The van der Waals surface area contributed by atoms with Crippen LogP contribution in [0.4, 0.5) is 0 Å². The van der Waals surface area contributed by atoms with Crippen LogP contribution in [0.15, 0.2) is 11.2 Å². The summed E-state index contributed by atoms with van der Waals surface area (Å²) < 4.78 is 25.4. The van der Waals surface area contributed by atoms with Crippen LogP contribution in [0.3, 0.4) is 0 Å². The molecule has 15 heavy (non-hydrogen) atoms. The van der Waals surface area contributed by atoms with E-state index in [2.05, 4.69) is 9.97 Å². The fourth-order valence-electron chi connectivity index (χ4n) is 1.36. The number of imidazole rings is 1. The van der Waals surface area contributed by atoms with Crippen molar-refractivity contribution in [3.63, 3.8) is 0 Å². The van der Waals surface area contributed by atoms with Crippen LogP contribution < -0.4 is 0 Å². The molecule has 1 aromatic heterocycles. The summed E-state index contributed by atoms with van der Waals surface area (Å²) in [6.45, 7) is 6.50. The highest BCUT2D eigenvalue weighted by Crippen LogP contribution is 2.12. The number of sulfonamides is 1. The van der Waals surface area contributed by atoms with Crippen molar-refractivity contribution < 1.29 is 8.42 Å². The number of rotatable bonds is 5. The topological polar surface area (TPSA) is 66.1 Å². The van der Waals surface area contributed by atoms with E-state index in [9.17, 15) is 8.42 Å². The lowest BCUT2D eigenvalue weighted by Gasteiger charge is -2.16. The summed E-state index contributed by atoms with van der Waals surface area (Å²) in [7, 11) is -3.38. The molecule has 0 bridgehead atoms. The van der Waals surface area contributed by atoms with E-state index in [1.807, 2.05) is 20.8 Å². The maximum Gasteiger partial charge on any atom is 0.260 e. The predicted octanol–water partition coefficient (Wildman–Crippen LogP) is 1.00. The molecule has 0 atom stereocenters. The Labute approximate surface area is 90.6 Å². The van der Waals surface area contributed by atoms with Crippen LogP contribution in [-0.4, -0.2) is 35.8 Å². The number of nitrogens with one attached hydrogen (secondary N) is 1. The molecular formula is C9H17N3O2S. The van der Waals surface area contributed by atoms with Crippen LogP contribution >= 0.6 is 0 Å². The first kappa shape index (κ1) is 12.2. The minimum Gasteiger partial charge on any atom is -0.332 e. The lowest BCUT2D eigenvalue weighted by Crippen LogP contribution is -2.30. The molecule has 0 spiro atoms. The fourth-order valence-corrected chi connectivity index (χ4v) is 2.75. The monoisotopic (exact) mass is 231 g/mol. The largest absolute Gasteiger partial charge is 0.332 e. The van der Waals surface area contributed by atoms with Gasteiger partial charge in [-0.3, -0.25) is 0 Å². The van der Waals surface area contributed by atoms with Gasteiger partial charge in [-0.1, -0.05) is 20.8 Å². The number of aromatic nitrogens is 2. The number of aryl methyl sites for hydroxylation is 1. The number of H-pyrrole nitrogens is 1. The molecule has 1 aromatic rings. The van der Waals surface area contributed by atoms with Crippen molar-refractivity contribution in [3.8, 4) is 0 Å². The summed E-state index contributed by atoms with van der Waals surface area (Å²) in [5.41, 5.74) is 0. The summed E-state index contributed by atoms with van der Waals surface area (Å²) >= 11 is 0. The van der Waals surface area contributed by atoms with Crippen LogP contribution in [0, 0.1) is 0 Å². The molecule has 0 saturated carbocycles. The van der Waals surface area contributed by atoms with Crippen LogP contribution in [0.2, 0.25) is 0 Å². The van der Waals surface area contributed by atoms with E-state index in [1.54, 1.807) is 0 Å². The van der Waals surface area contributed by atoms with Crippen molar-refractivity contribution in [3.05, 3.63) is 12.0 Å². The molecule has 6 heteroatoms. The summed E-state index contributed by atoms with van der Waals surface area (Å²) in [4.78, 5) is 6.80. The summed E-state index contributed by atoms with van der Waals surface area (Å²) in [5.74, 6) is 0.695. The van der Waals surface area contributed by atoms with Crippen LogP contribution in [0.25, 0.3) is 0 Å². The third kappa shape index (κ3) is 2.38. The van der Waals surface area contributed by atoms with E-state index >= 15 is 0 Å². The first-order valence-electron chi connectivity index (χ1n) is 5.10. The maximum absolute atomic E-state index is 12.0. The Hall–Kier alpha value is -0.880. The maximum atomic E-state index is 12.0. The Kier molecular flexibility index (Phi) is 3.87. The van der Waals surface area contributed by atoms with Gasteiger partial charge >= 0.3 is 0 Å². The minimum absolute atomic E-state index is 0.183. The fraction of sp³-hybridized carbons (Fsp3) is 0.667. The average molecular weight is 231 g/mol. The highest BCUT2D eigenvalue weighted by atomic mass is 32.2. The third-order valence-electron chi connectivity index (χ3n) is 2.26. The molecule has 86 valence electrons. The number of hydrogen-bond donors (Lipinski definition) is 1. The molecule has 0 radical (unpaired) electrons. The number of nitrogens with zero attached hydrogens (tertiary/aromatic N) is 2. The molecule has 1 heterocycles. The Morgan fingerprint density at radius 1 is 1.33 bits per heavy atom. The van der Waals surface area contributed by atoms with E-state index < -0.39 is 10.0 Å². The third-order valence-corrected chi connectivity index (χ3v) is 4.22. The van der Waals surface area contributed by atoms with Gasteiger partial charge in [0.25, 0.3) is 10.0 Å². The highest BCUT2D eigenvalue weighted by Gasteiger charge is 2.23. The molecule has 0 aliphatic rings. The quantitative estimate of drug-likeness (QED) is 0.822. The standard InChI is InChI=1S/C9H17N3O2S/c1-4-8-10-7-9(11-8)15(13,14)12(5-2)6-3/h7H,4-6H2,1-3H3,(H,10,11). The summed E-state index contributed by atoms with van der Waals surface area (Å²) in [6.07, 6.45) is 2.08. The lowest BCUT2D eigenvalue weighted by atomic mass is 10.5. The first-order valence-corrected chi connectivity index (χ1v) is 6.54. The van der Waals surface area contributed by atoms with Gasteiger partial charge in [0.15, 0.2) is 5.03 Å². The molecule has 1 N–H and O–H groups in total. The van der Waals surface area contributed by atoms with Gasteiger partial charge in [-0.05, 0) is 0 Å². The van der Waals surface area contributed by atoms with E-state index in [0.29, 0.717) is 25.3 Å². The SMILES string of the molecule is CCc1ncc(S(=O)(=O)N(CC)CC)[nH]1. The molecule has 0 amide bonds. The van der Waals surface area contributed by atoms with Gasteiger partial charge in [-0.2, -0.15) is 4.31 Å². The zero-order valence-electron chi connectivity index (χ0n) is 9.32. The van der Waals surface area contributed by atoms with Gasteiger partial charge in [0.05, 0.1) is 6.20 Å². The Morgan fingerprint density at radius 2 is 1.93 bits per heavy atom. The van der Waals surface area contributed by atoms with Crippen molar-refractivity contribution in [2.24, 2.45) is 0 Å². The molecule has 0 unspecified atom stereocenters. The molecule has 5 nitrogen and oxygen atoms in total. The molecule has 0 aliphatic heterocycles. The Bertz CT molecular complexity index is 407. The van der Waals surface area contributed by atoms with Crippen LogP contribution in [0.5, 0.6) is 0 Å². The Morgan fingerprint density at radius 3 is 2.33 bits per heavy atom. The Balaban J connectivity index is 3.04. The van der Waals surface area contributed by atoms with Gasteiger partial charge in [0.2, 0.25) is 0 Å². The number of hydrogen-bond acceptors (Lipinski definition) is 3. The second-order valence-electron chi connectivity index (χ2n) is 3.14. The smallest absolute Gasteiger partial charge is 0.260 e. The second kappa shape index (κ2) is 4.76. The first-order chi connectivity index (χ1) is 7.06. The zero-order valence-corrected chi connectivity index (χ0v) is 10.1. The molecule has 1 rings (SSSR count). The zero-order chi connectivity index (χ0) is 11.5. The van der Waals surface area contributed by atoms with Crippen molar-refractivity contribution in [1.29, 1.82) is 0 Å². The normalized spacial score (nSPS) is 12.3. The lowest BCUT2D eigenvalue weighted by molar-refractivity contribution is 0.443. The van der Waals surface area contributed by atoms with E-state index in [-0.39, 0.29) is 5.03 Å². The van der Waals surface area contributed by atoms with E-state index in [4.69, 9.17) is 0 Å². The second-order valence-corrected chi connectivity index (χ2v) is 5.04. The van der Waals surface area contributed by atoms with Gasteiger partial charge in [-0.25, -0.2) is 13.4 Å². The van der Waals surface area contributed by atoms with Gasteiger partial charge in [-0.15, -0.1) is 0 Å². The highest BCUT2D eigenvalue weighted by molar-refractivity contribution is 7.89. The van der Waals surface area contributed by atoms with Gasteiger partial charge < -0.3 is 4.98 Å². The molecule has 0 saturated heterocycles. The average Bonchev–Trinajstić information content (AvgIpc) is 2.67. The molecule has 0 fully saturated rings. The predicted molar refractivity (Wildman–Crippen MR) is 58.1 cm³/mol. The van der Waals surface area contributed by atoms with Gasteiger partial charge in [0, 0.05) is 19.5 Å². The van der Waals surface area contributed by atoms with E-state index in [0.717, 1.165) is 0 Å². The summed E-state index contributed by atoms with van der Waals surface area (Å²) in [5, 5.41) is 0.183. The van der Waals surface area contributed by atoms with Crippen molar-refractivity contribution >= 4 is 10.0 Å². The van der Waals surface area contributed by atoms with Crippen molar-refractivity contribution in [2.45, 2.75) is 32.2 Å². The molecular weight excluding hydrogens is 214 g/mol. The van der Waals surface area contributed by atoms with Crippen LogP contribution in [0.1, 0.15) is 26.6 Å². The van der Waals surface area contributed by atoms with Crippen molar-refractivity contribution in [1.82, 2.24) is 14.3 Å². The van der Waals surface area contributed by atoms with Gasteiger partial charge in [0.1, 0.15) is 5.82 Å². The van der Waals surface area contributed by atoms with Crippen LogP contribution in [-0.2, 0) is 16.4 Å².